The smallest absolute Gasteiger partial charge is 0.0240 e. The fourth-order valence-electron chi connectivity index (χ4n) is 4.98. The largest absolute Gasteiger partial charge is 0.313 e. The van der Waals surface area contributed by atoms with E-state index in [1.807, 2.05) is 0 Å². The first-order valence-corrected chi connectivity index (χ1v) is 11.2. The van der Waals surface area contributed by atoms with Crippen LogP contribution in [0.5, 0.6) is 0 Å². The molecule has 1 nitrogen and oxygen atoms in total. The van der Waals surface area contributed by atoms with Crippen molar-refractivity contribution in [3.63, 3.8) is 0 Å². The Hall–Kier alpha value is -2.90. The van der Waals surface area contributed by atoms with Crippen LogP contribution in [0.1, 0.15) is 42.2 Å². The van der Waals surface area contributed by atoms with Crippen molar-refractivity contribution in [2.75, 3.05) is 6.54 Å². The summed E-state index contributed by atoms with van der Waals surface area (Å²) >= 11 is 0. The molecule has 3 atom stereocenters. The van der Waals surface area contributed by atoms with E-state index in [4.69, 9.17) is 0 Å². The topological polar surface area (TPSA) is 12.0 Å². The van der Waals surface area contributed by atoms with E-state index in [9.17, 15) is 0 Å². The Labute approximate surface area is 180 Å². The van der Waals surface area contributed by atoms with Gasteiger partial charge in [0.2, 0.25) is 0 Å². The Morgan fingerprint density at radius 3 is 2.10 bits per heavy atom. The van der Waals surface area contributed by atoms with Gasteiger partial charge in [0.25, 0.3) is 0 Å². The zero-order valence-corrected chi connectivity index (χ0v) is 17.4. The van der Waals surface area contributed by atoms with Gasteiger partial charge in [-0.05, 0) is 53.6 Å². The van der Waals surface area contributed by atoms with Crippen LogP contribution in [0.4, 0.5) is 0 Å². The number of benzene rings is 3. The third-order valence-electron chi connectivity index (χ3n) is 6.59. The minimum absolute atomic E-state index is 0.422. The van der Waals surface area contributed by atoms with Crippen LogP contribution in [0.3, 0.4) is 0 Å². The molecule has 0 aromatic heterocycles. The molecule has 150 valence electrons. The Balaban J connectivity index is 1.41. The molecule has 0 saturated carbocycles. The van der Waals surface area contributed by atoms with Crippen molar-refractivity contribution in [3.8, 4) is 11.1 Å². The number of hydrogen-bond donors (Lipinski definition) is 1. The van der Waals surface area contributed by atoms with Gasteiger partial charge >= 0.3 is 0 Å². The molecule has 1 heterocycles. The molecule has 1 aliphatic carbocycles. The normalized spacial score (nSPS) is 21.9. The maximum atomic E-state index is 3.77. The molecule has 1 saturated heterocycles. The summed E-state index contributed by atoms with van der Waals surface area (Å²) < 4.78 is 0. The zero-order valence-electron chi connectivity index (χ0n) is 17.4. The number of rotatable bonds is 5. The second kappa shape index (κ2) is 8.85. The fraction of sp³-hybridized carbons (Fsp3) is 0.241. The average Bonchev–Trinajstić information content (AvgIpc) is 3.36. The molecule has 1 fully saturated rings. The van der Waals surface area contributed by atoms with Gasteiger partial charge in [0.15, 0.2) is 0 Å². The van der Waals surface area contributed by atoms with Crippen molar-refractivity contribution >= 4 is 0 Å². The molecule has 1 heteroatoms. The summed E-state index contributed by atoms with van der Waals surface area (Å²) in [7, 11) is 0. The Bertz CT molecular complexity index is 1010. The highest BCUT2D eigenvalue weighted by molar-refractivity contribution is 5.64. The molecule has 2 aliphatic rings. The average molecular weight is 392 g/mol. The minimum atomic E-state index is 0.422. The second-order valence-electron chi connectivity index (χ2n) is 8.48. The van der Waals surface area contributed by atoms with Gasteiger partial charge in [0.1, 0.15) is 0 Å². The molecule has 0 radical (unpaired) electrons. The monoisotopic (exact) mass is 391 g/mol. The predicted octanol–water partition coefficient (Wildman–Crippen LogP) is 6.86. The van der Waals surface area contributed by atoms with Crippen LogP contribution in [0, 0.1) is 0 Å². The molecule has 0 spiro atoms. The van der Waals surface area contributed by atoms with Crippen LogP contribution < -0.4 is 5.32 Å². The van der Waals surface area contributed by atoms with E-state index in [1.54, 1.807) is 0 Å². The SMILES string of the molecule is C1=CC(c2ccccc2)CC=C1C(c1ccc(-c2ccccc2)cc1)C1CCCN1. The Kier molecular flexibility index (Phi) is 5.63. The van der Waals surface area contributed by atoms with Crippen molar-refractivity contribution in [1.29, 1.82) is 0 Å². The van der Waals surface area contributed by atoms with Crippen LogP contribution in [0.15, 0.2) is 109 Å². The van der Waals surface area contributed by atoms with Crippen LogP contribution in [-0.2, 0) is 0 Å². The van der Waals surface area contributed by atoms with Gasteiger partial charge in [-0.2, -0.15) is 0 Å². The van der Waals surface area contributed by atoms with E-state index >= 15 is 0 Å². The highest BCUT2D eigenvalue weighted by Gasteiger charge is 2.29. The minimum Gasteiger partial charge on any atom is -0.313 e. The summed E-state index contributed by atoms with van der Waals surface area (Å²) in [5, 5.41) is 3.77. The molecule has 3 unspecified atom stereocenters. The van der Waals surface area contributed by atoms with Gasteiger partial charge in [-0.25, -0.2) is 0 Å². The van der Waals surface area contributed by atoms with E-state index < -0.39 is 0 Å². The molecule has 0 bridgehead atoms. The molecule has 30 heavy (non-hydrogen) atoms. The standard InChI is InChI=1S/C29H29N/c1-3-8-22(9-4-1)24-13-17-26(18-14-24)29(28-12-7-21-30-28)27-19-15-25(16-20-27)23-10-5-2-6-11-23/h1-6,8-11,13-15,17-20,25,28-30H,7,12,16,21H2. The van der Waals surface area contributed by atoms with Crippen molar-refractivity contribution in [3.05, 3.63) is 120 Å². The summed E-state index contributed by atoms with van der Waals surface area (Å²) in [4.78, 5) is 0. The first-order valence-electron chi connectivity index (χ1n) is 11.2. The summed E-state index contributed by atoms with van der Waals surface area (Å²) in [6, 6.07) is 31.3. The number of allylic oxidation sites excluding steroid dienone is 3. The molecule has 1 aliphatic heterocycles. The Morgan fingerprint density at radius 1 is 0.767 bits per heavy atom. The maximum Gasteiger partial charge on any atom is 0.0240 e. The van der Waals surface area contributed by atoms with Gasteiger partial charge in [0.05, 0.1) is 0 Å². The quantitative estimate of drug-likeness (QED) is 0.501. The first kappa shape index (κ1) is 19.1. The lowest BCUT2D eigenvalue weighted by molar-refractivity contribution is 0.536. The van der Waals surface area contributed by atoms with E-state index in [0.29, 0.717) is 17.9 Å². The van der Waals surface area contributed by atoms with Gasteiger partial charge in [0, 0.05) is 17.9 Å². The van der Waals surface area contributed by atoms with E-state index in [-0.39, 0.29) is 0 Å². The van der Waals surface area contributed by atoms with Crippen LogP contribution in [0.2, 0.25) is 0 Å². The maximum absolute atomic E-state index is 3.77. The van der Waals surface area contributed by atoms with E-state index in [2.05, 4.69) is 108 Å². The molecule has 3 aromatic rings. The van der Waals surface area contributed by atoms with Gasteiger partial charge in [-0.15, -0.1) is 0 Å². The van der Waals surface area contributed by atoms with Crippen LogP contribution in [-0.4, -0.2) is 12.6 Å². The summed E-state index contributed by atoms with van der Waals surface area (Å²) in [5.41, 5.74) is 6.86. The third kappa shape index (κ3) is 4.04. The van der Waals surface area contributed by atoms with Crippen molar-refractivity contribution in [2.24, 2.45) is 0 Å². The highest BCUT2D eigenvalue weighted by atomic mass is 14.9. The molecule has 3 aromatic carbocycles. The zero-order chi connectivity index (χ0) is 20.2. The van der Waals surface area contributed by atoms with Gasteiger partial charge in [-0.1, -0.05) is 103 Å². The van der Waals surface area contributed by atoms with Gasteiger partial charge < -0.3 is 5.32 Å². The molecule has 0 amide bonds. The molecule has 1 N–H and O–H groups in total. The lowest BCUT2D eigenvalue weighted by Gasteiger charge is -2.28. The summed E-state index contributed by atoms with van der Waals surface area (Å²) in [5.74, 6) is 0.915. The van der Waals surface area contributed by atoms with Crippen molar-refractivity contribution in [2.45, 2.75) is 37.1 Å². The lowest BCUT2D eigenvalue weighted by atomic mass is 9.79. The highest BCUT2D eigenvalue weighted by Crippen LogP contribution is 2.38. The van der Waals surface area contributed by atoms with E-state index in [1.165, 1.54) is 40.7 Å². The predicted molar refractivity (Wildman–Crippen MR) is 127 cm³/mol. The first-order chi connectivity index (χ1) is 14.9. The third-order valence-corrected chi connectivity index (χ3v) is 6.59. The Morgan fingerprint density at radius 2 is 1.47 bits per heavy atom. The van der Waals surface area contributed by atoms with Crippen molar-refractivity contribution in [1.82, 2.24) is 5.32 Å². The summed E-state index contributed by atoms with van der Waals surface area (Å²) in [6.07, 6.45) is 10.9. The number of hydrogen-bond acceptors (Lipinski definition) is 1. The van der Waals surface area contributed by atoms with E-state index in [0.717, 1.165) is 13.0 Å². The molecule has 5 rings (SSSR count). The molecular formula is C29H29N. The lowest BCUT2D eigenvalue weighted by Crippen LogP contribution is -2.30. The van der Waals surface area contributed by atoms with Crippen LogP contribution in [0.25, 0.3) is 11.1 Å². The molecular weight excluding hydrogens is 362 g/mol. The summed E-state index contributed by atoms with van der Waals surface area (Å²) in [6.45, 7) is 1.13. The van der Waals surface area contributed by atoms with Crippen molar-refractivity contribution < 1.29 is 0 Å². The second-order valence-corrected chi connectivity index (χ2v) is 8.48. The van der Waals surface area contributed by atoms with Gasteiger partial charge in [-0.3, -0.25) is 0 Å². The van der Waals surface area contributed by atoms with Crippen LogP contribution >= 0.6 is 0 Å². The fourth-order valence-corrected chi connectivity index (χ4v) is 4.98. The number of nitrogens with one attached hydrogen (secondary N) is 1.